The van der Waals surface area contributed by atoms with E-state index in [9.17, 15) is 27.1 Å². The highest BCUT2D eigenvalue weighted by Gasteiger charge is 2.50. The lowest BCUT2D eigenvalue weighted by Crippen LogP contribution is -2.57. The molecule has 0 heterocycles. The summed E-state index contributed by atoms with van der Waals surface area (Å²) in [6, 6.07) is 5.34. The molecule has 0 bridgehead atoms. The SMILES string of the molecule is COc1ccc(S(=O)(=O)NC2(C(=O)O)CCC(F)(F)CC2)cc1. The van der Waals surface area contributed by atoms with Crippen LogP contribution >= 0.6 is 0 Å². The molecule has 0 unspecified atom stereocenters. The second kappa shape index (κ2) is 6.04. The molecule has 2 rings (SSSR count). The van der Waals surface area contributed by atoms with Crippen LogP contribution in [-0.2, 0) is 14.8 Å². The van der Waals surface area contributed by atoms with Crippen molar-refractivity contribution in [3.05, 3.63) is 24.3 Å². The Labute approximate surface area is 132 Å². The Morgan fingerprint density at radius 1 is 1.17 bits per heavy atom. The van der Waals surface area contributed by atoms with Crippen LogP contribution in [0.4, 0.5) is 8.78 Å². The quantitative estimate of drug-likeness (QED) is 0.848. The van der Waals surface area contributed by atoms with Gasteiger partial charge in [0.1, 0.15) is 11.3 Å². The number of nitrogens with one attached hydrogen (secondary N) is 1. The van der Waals surface area contributed by atoms with Gasteiger partial charge in [0.15, 0.2) is 0 Å². The average Bonchev–Trinajstić information content (AvgIpc) is 2.49. The number of alkyl halides is 2. The van der Waals surface area contributed by atoms with Crippen LogP contribution in [0.1, 0.15) is 25.7 Å². The molecule has 0 amide bonds. The third kappa shape index (κ3) is 3.78. The van der Waals surface area contributed by atoms with Crippen molar-refractivity contribution in [2.45, 2.75) is 42.0 Å². The summed E-state index contributed by atoms with van der Waals surface area (Å²) in [5, 5.41) is 9.36. The normalized spacial score (nSPS) is 20.0. The Morgan fingerprint density at radius 3 is 2.13 bits per heavy atom. The number of carboxylic acid groups (broad SMARTS) is 1. The van der Waals surface area contributed by atoms with Crippen molar-refractivity contribution in [1.29, 1.82) is 0 Å². The van der Waals surface area contributed by atoms with Gasteiger partial charge in [0.2, 0.25) is 15.9 Å². The van der Waals surface area contributed by atoms with Gasteiger partial charge in [-0.05, 0) is 37.1 Å². The van der Waals surface area contributed by atoms with Crippen LogP contribution in [0.3, 0.4) is 0 Å². The van der Waals surface area contributed by atoms with Gasteiger partial charge in [0.25, 0.3) is 0 Å². The summed E-state index contributed by atoms with van der Waals surface area (Å²) < 4.78 is 58.3. The first kappa shape index (κ1) is 17.6. The maximum absolute atomic E-state index is 13.3. The monoisotopic (exact) mass is 349 g/mol. The number of aliphatic carboxylic acids is 1. The third-order valence-corrected chi connectivity index (χ3v) is 5.50. The van der Waals surface area contributed by atoms with E-state index in [1.54, 1.807) is 0 Å². The van der Waals surface area contributed by atoms with Gasteiger partial charge in [-0.2, -0.15) is 4.72 Å². The second-order valence-electron chi connectivity index (χ2n) is 5.52. The molecule has 128 valence electrons. The van der Waals surface area contributed by atoms with E-state index in [2.05, 4.69) is 4.72 Å². The zero-order valence-electron chi connectivity index (χ0n) is 12.4. The molecule has 1 fully saturated rings. The summed E-state index contributed by atoms with van der Waals surface area (Å²) in [6.45, 7) is 0. The van der Waals surface area contributed by atoms with E-state index in [0.717, 1.165) is 0 Å². The van der Waals surface area contributed by atoms with Crippen LogP contribution in [0, 0.1) is 0 Å². The fourth-order valence-corrected chi connectivity index (χ4v) is 3.89. The minimum atomic E-state index is -4.16. The van der Waals surface area contributed by atoms with E-state index in [0.29, 0.717) is 5.75 Å². The summed E-state index contributed by atoms with van der Waals surface area (Å²) in [7, 11) is -2.74. The number of hydrogen-bond donors (Lipinski definition) is 2. The summed E-state index contributed by atoms with van der Waals surface area (Å²) >= 11 is 0. The number of methoxy groups -OCH3 is 1. The van der Waals surface area contributed by atoms with Crippen molar-refractivity contribution in [3.8, 4) is 5.75 Å². The fourth-order valence-electron chi connectivity index (χ4n) is 2.47. The lowest BCUT2D eigenvalue weighted by atomic mass is 9.81. The van der Waals surface area contributed by atoms with Gasteiger partial charge >= 0.3 is 5.97 Å². The molecule has 1 aliphatic carbocycles. The lowest BCUT2D eigenvalue weighted by Gasteiger charge is -2.36. The van der Waals surface area contributed by atoms with Gasteiger partial charge in [0.05, 0.1) is 12.0 Å². The Kier molecular flexibility index (Phi) is 4.63. The van der Waals surface area contributed by atoms with E-state index in [1.807, 2.05) is 0 Å². The number of rotatable bonds is 5. The predicted molar refractivity (Wildman–Crippen MR) is 77.1 cm³/mol. The number of benzene rings is 1. The van der Waals surface area contributed by atoms with Gasteiger partial charge < -0.3 is 9.84 Å². The van der Waals surface area contributed by atoms with Crippen molar-refractivity contribution < 1.29 is 31.8 Å². The van der Waals surface area contributed by atoms with Crippen LogP contribution < -0.4 is 9.46 Å². The first-order valence-electron chi connectivity index (χ1n) is 6.90. The highest BCUT2D eigenvalue weighted by Crippen LogP contribution is 2.39. The van der Waals surface area contributed by atoms with Crippen molar-refractivity contribution in [2.24, 2.45) is 0 Å². The van der Waals surface area contributed by atoms with Crippen LogP contribution in [0.2, 0.25) is 0 Å². The molecule has 23 heavy (non-hydrogen) atoms. The zero-order chi connectivity index (χ0) is 17.3. The number of ether oxygens (including phenoxy) is 1. The zero-order valence-corrected chi connectivity index (χ0v) is 13.2. The molecule has 6 nitrogen and oxygen atoms in total. The summed E-state index contributed by atoms with van der Waals surface area (Å²) in [4.78, 5) is 11.3. The van der Waals surface area contributed by atoms with Crippen LogP contribution in [0.25, 0.3) is 0 Å². The molecule has 1 saturated carbocycles. The molecule has 2 N–H and O–H groups in total. The molecule has 0 aromatic heterocycles. The Balaban J connectivity index is 2.27. The standard InChI is InChI=1S/C14H17F2NO5S/c1-22-10-2-4-11(5-3-10)23(20,21)17-13(12(18)19)6-8-14(15,16)9-7-13/h2-5,17H,6-9H2,1H3,(H,18,19). The molecular formula is C14H17F2NO5S. The van der Waals surface area contributed by atoms with Crippen LogP contribution in [-0.4, -0.2) is 38.1 Å². The van der Waals surface area contributed by atoms with Gasteiger partial charge in [-0.1, -0.05) is 0 Å². The van der Waals surface area contributed by atoms with Crippen LogP contribution in [0.5, 0.6) is 5.75 Å². The number of hydrogen-bond acceptors (Lipinski definition) is 4. The molecule has 1 aromatic carbocycles. The third-order valence-electron chi connectivity index (χ3n) is 3.94. The molecule has 0 atom stereocenters. The molecule has 0 spiro atoms. The maximum atomic E-state index is 13.3. The molecule has 9 heteroatoms. The topological polar surface area (TPSA) is 92.7 Å². The Morgan fingerprint density at radius 2 is 1.70 bits per heavy atom. The van der Waals surface area contributed by atoms with E-state index < -0.39 is 53.1 Å². The van der Waals surface area contributed by atoms with E-state index in [4.69, 9.17) is 4.74 Å². The molecule has 0 radical (unpaired) electrons. The smallest absolute Gasteiger partial charge is 0.324 e. The summed E-state index contributed by atoms with van der Waals surface area (Å²) in [5.74, 6) is -3.98. The van der Waals surface area contributed by atoms with Gasteiger partial charge in [-0.3, -0.25) is 4.79 Å². The minimum Gasteiger partial charge on any atom is -0.497 e. The van der Waals surface area contributed by atoms with Crippen molar-refractivity contribution >= 4 is 16.0 Å². The summed E-state index contributed by atoms with van der Waals surface area (Å²) in [6.07, 6.45) is -2.29. The van der Waals surface area contributed by atoms with E-state index in [-0.39, 0.29) is 4.90 Å². The fraction of sp³-hybridized carbons (Fsp3) is 0.500. The molecule has 1 aliphatic rings. The molecule has 0 saturated heterocycles. The number of carbonyl (C=O) groups is 1. The van der Waals surface area contributed by atoms with Crippen molar-refractivity contribution in [3.63, 3.8) is 0 Å². The van der Waals surface area contributed by atoms with Gasteiger partial charge in [-0.25, -0.2) is 17.2 Å². The Hall–Kier alpha value is -1.74. The largest absolute Gasteiger partial charge is 0.497 e. The number of carboxylic acids is 1. The van der Waals surface area contributed by atoms with E-state index >= 15 is 0 Å². The molecule has 1 aromatic rings. The summed E-state index contributed by atoms with van der Waals surface area (Å²) in [5.41, 5.74) is -1.92. The molecule has 0 aliphatic heterocycles. The highest BCUT2D eigenvalue weighted by atomic mass is 32.2. The number of halogens is 2. The molecular weight excluding hydrogens is 332 g/mol. The lowest BCUT2D eigenvalue weighted by molar-refractivity contribution is -0.149. The minimum absolute atomic E-state index is 0.156. The maximum Gasteiger partial charge on any atom is 0.324 e. The highest BCUT2D eigenvalue weighted by molar-refractivity contribution is 7.89. The average molecular weight is 349 g/mol. The van der Waals surface area contributed by atoms with Gasteiger partial charge in [0, 0.05) is 12.8 Å². The van der Waals surface area contributed by atoms with Crippen molar-refractivity contribution in [2.75, 3.05) is 7.11 Å². The van der Waals surface area contributed by atoms with Crippen LogP contribution in [0.15, 0.2) is 29.2 Å². The number of sulfonamides is 1. The Bertz CT molecular complexity index is 678. The van der Waals surface area contributed by atoms with Crippen molar-refractivity contribution in [1.82, 2.24) is 4.72 Å². The first-order valence-corrected chi connectivity index (χ1v) is 8.38. The first-order chi connectivity index (χ1) is 10.6. The van der Waals surface area contributed by atoms with E-state index in [1.165, 1.54) is 31.4 Å². The predicted octanol–water partition coefficient (Wildman–Crippen LogP) is 2.01. The van der Waals surface area contributed by atoms with Gasteiger partial charge in [-0.15, -0.1) is 0 Å². The second-order valence-corrected chi connectivity index (χ2v) is 7.21.